The molecule has 0 fully saturated rings. The first-order valence-corrected chi connectivity index (χ1v) is 3.69. The molecule has 0 saturated carbocycles. The van der Waals surface area contributed by atoms with Crippen LogP contribution >= 0.6 is 0 Å². The first-order valence-electron chi connectivity index (χ1n) is 3.69. The quantitative estimate of drug-likeness (QED) is 0.491. The first kappa shape index (κ1) is 7.09. The van der Waals surface area contributed by atoms with Crippen molar-refractivity contribution in [2.24, 2.45) is 4.99 Å². The van der Waals surface area contributed by atoms with Crippen molar-refractivity contribution in [2.75, 3.05) is 6.54 Å². The number of hydrogen-bond acceptors (Lipinski definition) is 2. The Morgan fingerprint density at radius 2 is 2.33 bits per heavy atom. The second kappa shape index (κ2) is 2.48. The summed E-state index contributed by atoms with van der Waals surface area (Å²) in [4.78, 5) is 25.8. The number of aliphatic imine (C=N–C) groups is 1. The van der Waals surface area contributed by atoms with Crippen LogP contribution in [0.25, 0.3) is 0 Å². The van der Waals surface area contributed by atoms with Crippen molar-refractivity contribution in [2.45, 2.75) is 6.42 Å². The Bertz CT molecular complexity index is 350. The van der Waals surface area contributed by atoms with E-state index in [2.05, 4.69) is 4.99 Å². The van der Waals surface area contributed by atoms with Crippen LogP contribution in [0.5, 0.6) is 0 Å². The molecule has 0 aromatic carbocycles. The highest BCUT2D eigenvalue weighted by molar-refractivity contribution is 6.07. The SMILES string of the molecule is O=C1C[N+](=O)C2=CC=CCC2=N1. The van der Waals surface area contributed by atoms with Crippen LogP contribution in [0, 0.1) is 4.91 Å². The van der Waals surface area contributed by atoms with E-state index in [9.17, 15) is 9.70 Å². The van der Waals surface area contributed by atoms with Gasteiger partial charge in [-0.15, -0.1) is 0 Å². The maximum absolute atomic E-state index is 11.2. The Morgan fingerprint density at radius 3 is 3.17 bits per heavy atom. The highest BCUT2D eigenvalue weighted by Gasteiger charge is 2.32. The van der Waals surface area contributed by atoms with Gasteiger partial charge in [-0.25, -0.2) is 4.99 Å². The molecular formula is C8H7N2O2+. The molecule has 1 amide bonds. The summed E-state index contributed by atoms with van der Waals surface area (Å²) in [5.74, 6) is -0.354. The Labute approximate surface area is 68.9 Å². The molecule has 60 valence electrons. The van der Waals surface area contributed by atoms with Gasteiger partial charge in [-0.2, -0.15) is 0 Å². The van der Waals surface area contributed by atoms with Crippen molar-refractivity contribution in [3.05, 3.63) is 28.8 Å². The molecule has 0 aromatic heterocycles. The number of carbonyl (C=O) groups excluding carboxylic acids is 1. The van der Waals surface area contributed by atoms with E-state index in [1.54, 1.807) is 12.2 Å². The van der Waals surface area contributed by atoms with Gasteiger partial charge in [0.2, 0.25) is 0 Å². The highest BCUT2D eigenvalue weighted by atomic mass is 16.3. The number of rotatable bonds is 0. The molecule has 0 spiro atoms. The van der Waals surface area contributed by atoms with Crippen molar-refractivity contribution < 1.29 is 9.55 Å². The summed E-state index contributed by atoms with van der Waals surface area (Å²) in [5.41, 5.74) is 1.11. The minimum Gasteiger partial charge on any atom is -0.265 e. The zero-order valence-corrected chi connectivity index (χ0v) is 6.36. The van der Waals surface area contributed by atoms with Crippen LogP contribution in [0.1, 0.15) is 6.42 Å². The molecule has 0 aromatic rings. The molecule has 1 heterocycles. The number of nitroso groups, excluding NO2 is 1. The molecule has 0 bridgehead atoms. The van der Waals surface area contributed by atoms with E-state index in [1.165, 1.54) is 0 Å². The maximum atomic E-state index is 11.2. The van der Waals surface area contributed by atoms with E-state index in [0.29, 0.717) is 22.6 Å². The molecule has 2 rings (SSSR count). The van der Waals surface area contributed by atoms with Gasteiger partial charge >= 0.3 is 5.91 Å². The molecule has 0 radical (unpaired) electrons. The van der Waals surface area contributed by atoms with Gasteiger partial charge in [0.15, 0.2) is 0 Å². The smallest absolute Gasteiger partial charge is 0.265 e. The molecule has 12 heavy (non-hydrogen) atoms. The molecule has 1 aliphatic carbocycles. The van der Waals surface area contributed by atoms with Crippen molar-refractivity contribution >= 4 is 11.6 Å². The van der Waals surface area contributed by atoms with Gasteiger partial charge < -0.3 is 0 Å². The largest absolute Gasteiger partial charge is 0.316 e. The van der Waals surface area contributed by atoms with Crippen molar-refractivity contribution in [1.29, 1.82) is 0 Å². The second-order valence-electron chi connectivity index (χ2n) is 2.67. The van der Waals surface area contributed by atoms with E-state index in [1.807, 2.05) is 6.08 Å². The van der Waals surface area contributed by atoms with Gasteiger partial charge in [0.1, 0.15) is 5.71 Å². The van der Waals surface area contributed by atoms with Gasteiger partial charge in [-0.1, -0.05) is 12.2 Å². The number of fused-ring (bicyclic) bond motifs is 1. The van der Waals surface area contributed by atoms with Crippen LogP contribution in [0.15, 0.2) is 28.9 Å². The summed E-state index contributed by atoms with van der Waals surface area (Å²) < 4.78 is 0.689. The summed E-state index contributed by atoms with van der Waals surface area (Å²) in [5, 5.41) is 0. The molecule has 0 saturated heterocycles. The van der Waals surface area contributed by atoms with E-state index >= 15 is 0 Å². The van der Waals surface area contributed by atoms with Crippen LogP contribution in [-0.4, -0.2) is 22.9 Å². The van der Waals surface area contributed by atoms with Crippen molar-refractivity contribution in [3.8, 4) is 0 Å². The lowest BCUT2D eigenvalue weighted by atomic mass is 10.1. The van der Waals surface area contributed by atoms with E-state index < -0.39 is 0 Å². The molecule has 1 aliphatic heterocycles. The van der Waals surface area contributed by atoms with E-state index in [4.69, 9.17) is 0 Å². The zero-order chi connectivity index (χ0) is 8.55. The molecule has 0 N–H and O–H groups in total. The van der Waals surface area contributed by atoms with Crippen molar-refractivity contribution in [1.82, 2.24) is 0 Å². The Balaban J connectivity index is 2.49. The van der Waals surface area contributed by atoms with Crippen LogP contribution in [0.2, 0.25) is 0 Å². The number of allylic oxidation sites excluding steroid dienone is 4. The third-order valence-electron chi connectivity index (χ3n) is 1.80. The summed E-state index contributed by atoms with van der Waals surface area (Å²) in [6.07, 6.45) is 5.93. The van der Waals surface area contributed by atoms with Gasteiger partial charge in [-0.3, -0.25) is 4.79 Å². The van der Waals surface area contributed by atoms with Crippen LogP contribution < -0.4 is 0 Å². The number of carbonyl (C=O) groups is 1. The fraction of sp³-hybridized carbons (Fsp3) is 0.250. The van der Waals surface area contributed by atoms with Crippen LogP contribution in [0.4, 0.5) is 0 Å². The number of nitrogens with zero attached hydrogens (tertiary/aromatic N) is 2. The average Bonchev–Trinajstić information content (AvgIpc) is 2.04. The summed E-state index contributed by atoms with van der Waals surface area (Å²) in [6.45, 7) is -0.150. The predicted octanol–water partition coefficient (Wildman–Crippen LogP) is 0.590. The molecular weight excluding hydrogens is 156 g/mol. The minimum absolute atomic E-state index is 0.150. The topological polar surface area (TPSA) is 49.5 Å². The zero-order valence-electron chi connectivity index (χ0n) is 6.36. The fourth-order valence-electron chi connectivity index (χ4n) is 1.26. The third-order valence-corrected chi connectivity index (χ3v) is 1.80. The fourth-order valence-corrected chi connectivity index (χ4v) is 1.26. The highest BCUT2D eigenvalue weighted by Crippen LogP contribution is 2.14. The monoisotopic (exact) mass is 163 g/mol. The van der Waals surface area contributed by atoms with Gasteiger partial charge in [-0.05, 0) is 0 Å². The predicted molar refractivity (Wildman–Crippen MR) is 42.8 cm³/mol. The Kier molecular flexibility index (Phi) is 1.46. The van der Waals surface area contributed by atoms with Gasteiger partial charge in [0.25, 0.3) is 12.2 Å². The lowest BCUT2D eigenvalue weighted by Crippen LogP contribution is -2.28. The number of amides is 1. The molecule has 4 heteroatoms. The van der Waals surface area contributed by atoms with Crippen LogP contribution in [0.3, 0.4) is 0 Å². The van der Waals surface area contributed by atoms with Crippen LogP contribution in [-0.2, 0) is 4.79 Å². The average molecular weight is 163 g/mol. The summed E-state index contributed by atoms with van der Waals surface area (Å²) >= 11 is 0. The molecule has 0 unspecified atom stereocenters. The van der Waals surface area contributed by atoms with Crippen molar-refractivity contribution in [3.63, 3.8) is 0 Å². The third kappa shape index (κ3) is 1.01. The maximum Gasteiger partial charge on any atom is 0.316 e. The summed E-state index contributed by atoms with van der Waals surface area (Å²) in [7, 11) is 0. The standard InChI is InChI=1S/C8H7N2O2/c11-8-5-10(12)7-4-2-1-3-6(7)9-8/h1-2,4H,3,5H2/q+1. The molecule has 2 aliphatic rings. The molecule has 0 atom stereocenters. The lowest BCUT2D eigenvalue weighted by molar-refractivity contribution is -0.480. The Hall–Kier alpha value is -1.58. The van der Waals surface area contributed by atoms with Gasteiger partial charge in [0, 0.05) is 22.2 Å². The number of hydrogen-bond donors (Lipinski definition) is 0. The molecule has 4 nitrogen and oxygen atoms in total. The Morgan fingerprint density at radius 1 is 1.50 bits per heavy atom. The lowest BCUT2D eigenvalue weighted by Gasteiger charge is -2.07. The van der Waals surface area contributed by atoms with E-state index in [0.717, 1.165) is 0 Å². The normalized spacial score (nSPS) is 21.7. The van der Waals surface area contributed by atoms with E-state index in [-0.39, 0.29) is 12.5 Å². The first-order chi connectivity index (χ1) is 5.77. The summed E-state index contributed by atoms with van der Waals surface area (Å²) in [6, 6.07) is 0. The second-order valence-corrected chi connectivity index (χ2v) is 2.67. The minimum atomic E-state index is -0.354. The van der Waals surface area contributed by atoms with Gasteiger partial charge in [0.05, 0.1) is 0 Å².